The van der Waals surface area contributed by atoms with E-state index in [1.54, 1.807) is 6.07 Å². The van der Waals surface area contributed by atoms with Crippen molar-refractivity contribution in [3.05, 3.63) is 28.3 Å². The lowest BCUT2D eigenvalue weighted by Gasteiger charge is -2.20. The van der Waals surface area contributed by atoms with Gasteiger partial charge in [0.25, 0.3) is 5.69 Å². The summed E-state index contributed by atoms with van der Waals surface area (Å²) in [6.45, 7) is 1.71. The van der Waals surface area contributed by atoms with Gasteiger partial charge in [-0.05, 0) is 25.5 Å². The van der Waals surface area contributed by atoms with Gasteiger partial charge < -0.3 is 5.32 Å². The standard InChI is InChI=1S/C12H13N3O3S2/c16-15(17)8-3-4-11-10(6-8)14-12(19-11)20(18)9-2-1-5-13-7-9/h3-4,6,9,13H,1-2,5,7H2/t9-,20+/m0/s1. The van der Waals surface area contributed by atoms with Crippen LogP contribution >= 0.6 is 11.3 Å². The SMILES string of the molecule is O=[N+]([O-])c1ccc2sc([S@](=O)[C@H]3CCCNC3)nc2c1. The van der Waals surface area contributed by atoms with Crippen molar-refractivity contribution in [2.24, 2.45) is 0 Å². The second kappa shape index (κ2) is 5.55. The average molecular weight is 311 g/mol. The van der Waals surface area contributed by atoms with Crippen molar-refractivity contribution in [3.63, 3.8) is 0 Å². The Morgan fingerprint density at radius 3 is 3.05 bits per heavy atom. The lowest BCUT2D eigenvalue weighted by molar-refractivity contribution is -0.384. The second-order valence-electron chi connectivity index (χ2n) is 4.65. The van der Waals surface area contributed by atoms with Crippen LogP contribution in [-0.2, 0) is 10.8 Å². The van der Waals surface area contributed by atoms with Crippen LogP contribution < -0.4 is 5.32 Å². The Morgan fingerprint density at radius 1 is 1.50 bits per heavy atom. The molecule has 0 amide bonds. The zero-order chi connectivity index (χ0) is 14.1. The van der Waals surface area contributed by atoms with Crippen LogP contribution in [0.25, 0.3) is 10.2 Å². The Hall–Kier alpha value is -1.38. The summed E-state index contributed by atoms with van der Waals surface area (Å²) in [4.78, 5) is 14.6. The van der Waals surface area contributed by atoms with Crippen molar-refractivity contribution in [2.45, 2.75) is 22.4 Å². The van der Waals surface area contributed by atoms with Crippen LogP contribution in [0, 0.1) is 10.1 Å². The van der Waals surface area contributed by atoms with E-state index in [4.69, 9.17) is 0 Å². The first-order valence-corrected chi connectivity index (χ1v) is 8.34. The molecule has 1 aliphatic heterocycles. The highest BCUT2D eigenvalue weighted by atomic mass is 32.2. The molecule has 0 radical (unpaired) electrons. The maximum Gasteiger partial charge on any atom is 0.271 e. The van der Waals surface area contributed by atoms with Gasteiger partial charge in [-0.1, -0.05) is 0 Å². The highest BCUT2D eigenvalue weighted by Crippen LogP contribution is 2.29. The summed E-state index contributed by atoms with van der Waals surface area (Å²) in [6, 6.07) is 4.56. The number of benzene rings is 1. The minimum Gasteiger partial charge on any atom is -0.316 e. The number of rotatable bonds is 3. The van der Waals surface area contributed by atoms with Crippen LogP contribution in [0.1, 0.15) is 12.8 Å². The molecule has 0 aliphatic carbocycles. The van der Waals surface area contributed by atoms with Crippen LogP contribution in [0.15, 0.2) is 22.5 Å². The van der Waals surface area contributed by atoms with Gasteiger partial charge in [0.15, 0.2) is 4.34 Å². The molecule has 0 spiro atoms. The molecular weight excluding hydrogens is 298 g/mol. The van der Waals surface area contributed by atoms with Gasteiger partial charge >= 0.3 is 0 Å². The van der Waals surface area contributed by atoms with Crippen LogP contribution in [-0.4, -0.2) is 32.5 Å². The predicted octanol–water partition coefficient (Wildman–Crippen LogP) is 2.06. The number of non-ortho nitro benzene ring substituents is 1. The minimum atomic E-state index is -1.14. The van der Waals surface area contributed by atoms with E-state index in [0.717, 1.165) is 30.6 Å². The molecule has 1 N–H and O–H groups in total. The van der Waals surface area contributed by atoms with Gasteiger partial charge in [-0.15, -0.1) is 11.3 Å². The van der Waals surface area contributed by atoms with Crippen LogP contribution in [0.4, 0.5) is 5.69 Å². The number of nitro groups is 1. The Balaban J connectivity index is 1.92. The van der Waals surface area contributed by atoms with E-state index in [9.17, 15) is 14.3 Å². The zero-order valence-corrected chi connectivity index (χ0v) is 12.2. The molecule has 2 heterocycles. The molecule has 0 bridgehead atoms. The lowest BCUT2D eigenvalue weighted by atomic mass is 10.2. The maximum absolute atomic E-state index is 12.5. The van der Waals surface area contributed by atoms with Crippen molar-refractivity contribution in [1.29, 1.82) is 0 Å². The molecule has 3 rings (SSSR count). The van der Waals surface area contributed by atoms with Crippen LogP contribution in [0.5, 0.6) is 0 Å². The second-order valence-corrected chi connectivity index (χ2v) is 7.59. The lowest BCUT2D eigenvalue weighted by Crippen LogP contribution is -2.36. The van der Waals surface area contributed by atoms with Gasteiger partial charge in [0.05, 0.1) is 31.2 Å². The van der Waals surface area contributed by atoms with Gasteiger partial charge in [-0.3, -0.25) is 14.3 Å². The van der Waals surface area contributed by atoms with Crippen molar-refractivity contribution in [1.82, 2.24) is 10.3 Å². The predicted molar refractivity (Wildman–Crippen MR) is 78.6 cm³/mol. The minimum absolute atomic E-state index is 0.0134. The fraction of sp³-hybridized carbons (Fsp3) is 0.417. The molecule has 2 aromatic rings. The van der Waals surface area contributed by atoms with E-state index in [-0.39, 0.29) is 10.9 Å². The first-order valence-electron chi connectivity index (χ1n) is 6.31. The molecule has 0 saturated carbocycles. The summed E-state index contributed by atoms with van der Waals surface area (Å²) in [7, 11) is -1.14. The number of piperidine rings is 1. The number of hydrogen-bond donors (Lipinski definition) is 1. The van der Waals surface area contributed by atoms with Gasteiger partial charge in [0.1, 0.15) is 0 Å². The Labute approximate surface area is 121 Å². The number of aromatic nitrogens is 1. The van der Waals surface area contributed by atoms with Gasteiger partial charge in [-0.2, -0.15) is 0 Å². The Kier molecular flexibility index (Phi) is 3.77. The topological polar surface area (TPSA) is 85.1 Å². The largest absolute Gasteiger partial charge is 0.316 e. The van der Waals surface area contributed by atoms with Gasteiger partial charge in [0.2, 0.25) is 0 Å². The van der Waals surface area contributed by atoms with Crippen molar-refractivity contribution in [2.75, 3.05) is 13.1 Å². The summed E-state index contributed by atoms with van der Waals surface area (Å²) >= 11 is 1.36. The average Bonchev–Trinajstić information content (AvgIpc) is 2.90. The third kappa shape index (κ3) is 2.58. The van der Waals surface area contributed by atoms with E-state index < -0.39 is 15.7 Å². The number of nitrogens with zero attached hydrogens (tertiary/aromatic N) is 2. The van der Waals surface area contributed by atoms with Gasteiger partial charge in [0, 0.05) is 18.7 Å². The molecule has 6 nitrogen and oxygen atoms in total. The fourth-order valence-corrected chi connectivity index (χ4v) is 5.05. The number of nitro benzene ring substituents is 1. The van der Waals surface area contributed by atoms with Crippen molar-refractivity contribution >= 4 is 38.0 Å². The van der Waals surface area contributed by atoms with Crippen LogP contribution in [0.3, 0.4) is 0 Å². The summed E-state index contributed by atoms with van der Waals surface area (Å²) in [5, 5.41) is 14.1. The summed E-state index contributed by atoms with van der Waals surface area (Å²) in [5.41, 5.74) is 0.566. The van der Waals surface area contributed by atoms with Crippen molar-refractivity contribution < 1.29 is 9.13 Å². The summed E-state index contributed by atoms with van der Waals surface area (Å²) in [6.07, 6.45) is 1.95. The molecule has 1 fully saturated rings. The molecular formula is C12H13N3O3S2. The number of nitrogens with one attached hydrogen (secondary N) is 1. The summed E-state index contributed by atoms with van der Waals surface area (Å²) < 4.78 is 13.9. The van der Waals surface area contributed by atoms with E-state index >= 15 is 0 Å². The number of hydrogen-bond acceptors (Lipinski definition) is 6. The molecule has 1 aliphatic rings. The van der Waals surface area contributed by atoms with E-state index in [2.05, 4.69) is 10.3 Å². The zero-order valence-electron chi connectivity index (χ0n) is 10.6. The monoisotopic (exact) mass is 311 g/mol. The fourth-order valence-electron chi connectivity index (χ4n) is 2.24. The normalized spacial score (nSPS) is 20.9. The van der Waals surface area contributed by atoms with Crippen LogP contribution in [0.2, 0.25) is 0 Å². The molecule has 1 aromatic carbocycles. The molecule has 1 saturated heterocycles. The first-order chi connectivity index (χ1) is 9.65. The number of fused-ring (bicyclic) bond motifs is 1. The highest BCUT2D eigenvalue weighted by molar-refractivity contribution is 7.88. The quantitative estimate of drug-likeness (QED) is 0.693. The van der Waals surface area contributed by atoms with Gasteiger partial charge in [-0.25, -0.2) is 4.98 Å². The molecule has 20 heavy (non-hydrogen) atoms. The maximum atomic E-state index is 12.5. The third-order valence-corrected chi connectivity index (χ3v) is 6.31. The molecule has 8 heteroatoms. The molecule has 106 valence electrons. The van der Waals surface area contributed by atoms with E-state index in [1.165, 1.54) is 23.5 Å². The Bertz CT molecular complexity index is 680. The smallest absolute Gasteiger partial charge is 0.271 e. The highest BCUT2D eigenvalue weighted by Gasteiger charge is 2.24. The van der Waals surface area contributed by atoms with Crippen molar-refractivity contribution in [3.8, 4) is 0 Å². The molecule has 2 atom stereocenters. The van der Waals surface area contributed by atoms with E-state index in [1.807, 2.05) is 0 Å². The summed E-state index contributed by atoms with van der Waals surface area (Å²) in [5.74, 6) is 0. The molecule has 0 unspecified atom stereocenters. The third-order valence-electron chi connectivity index (χ3n) is 3.29. The number of thiazole rings is 1. The Morgan fingerprint density at radius 2 is 2.35 bits per heavy atom. The molecule has 1 aromatic heterocycles. The first kappa shape index (κ1) is 13.6. The van der Waals surface area contributed by atoms with E-state index in [0.29, 0.717) is 9.86 Å².